The maximum Gasteiger partial charge on any atom is 0.324 e. The number of urea groups is 1. The number of amides is 3. The van der Waals surface area contributed by atoms with Crippen molar-refractivity contribution in [1.29, 1.82) is 0 Å². The molecule has 0 aromatic rings. The van der Waals surface area contributed by atoms with E-state index in [1.54, 1.807) is 0 Å². The van der Waals surface area contributed by atoms with Gasteiger partial charge in [-0.2, -0.15) is 0 Å². The summed E-state index contributed by atoms with van der Waals surface area (Å²) in [7, 11) is 1.50. The molecule has 0 rings (SSSR count). The third-order valence-electron chi connectivity index (χ3n) is 1.24. The van der Waals surface area contributed by atoms with Crippen molar-refractivity contribution in [3.8, 4) is 12.3 Å². The van der Waals surface area contributed by atoms with Gasteiger partial charge in [-0.1, -0.05) is 5.92 Å². The number of rotatable bonds is 3. The number of nitrogens with one attached hydrogen (secondary N) is 1. The normalized spacial score (nSPS) is 8.69. The average Bonchev–Trinajstić information content (AvgIpc) is 2.05. The molecule has 0 aromatic carbocycles. The van der Waals surface area contributed by atoms with E-state index >= 15 is 0 Å². The first-order valence-corrected chi connectivity index (χ1v) is 4.19. The van der Waals surface area contributed by atoms with Crippen LogP contribution >= 0.6 is 11.6 Å². The Morgan fingerprint density at radius 2 is 2.23 bits per heavy atom. The van der Waals surface area contributed by atoms with Crippen molar-refractivity contribution in [2.24, 2.45) is 0 Å². The number of carbonyl (C=O) groups excluding carboxylic acids is 2. The van der Waals surface area contributed by atoms with Crippen LogP contribution < -0.4 is 5.32 Å². The summed E-state index contributed by atoms with van der Waals surface area (Å²) in [6.45, 7) is 0.167. The maximum atomic E-state index is 11.1. The number of hydrogen-bond donors (Lipinski definition) is 1. The van der Waals surface area contributed by atoms with Crippen LogP contribution in [0.1, 0.15) is 6.42 Å². The van der Waals surface area contributed by atoms with Gasteiger partial charge >= 0.3 is 6.03 Å². The van der Waals surface area contributed by atoms with E-state index in [1.807, 2.05) is 0 Å². The van der Waals surface area contributed by atoms with Gasteiger partial charge in [0.15, 0.2) is 0 Å². The van der Waals surface area contributed by atoms with Crippen LogP contribution in [0, 0.1) is 12.3 Å². The molecule has 3 amide bonds. The van der Waals surface area contributed by atoms with Crippen LogP contribution in [0.5, 0.6) is 0 Å². The lowest BCUT2D eigenvalue weighted by Crippen LogP contribution is -2.40. The molecule has 0 fully saturated rings. The number of alkyl halides is 1. The van der Waals surface area contributed by atoms with E-state index in [2.05, 4.69) is 11.2 Å². The van der Waals surface area contributed by atoms with Crippen LogP contribution in [-0.2, 0) is 4.79 Å². The smallest absolute Gasteiger partial charge is 0.316 e. The van der Waals surface area contributed by atoms with Crippen molar-refractivity contribution in [1.82, 2.24) is 10.2 Å². The molecule has 0 saturated heterocycles. The van der Waals surface area contributed by atoms with Crippen LogP contribution in [0.2, 0.25) is 0 Å². The molecule has 0 heterocycles. The molecule has 0 aliphatic heterocycles. The number of imide groups is 1. The molecule has 0 aliphatic rings. The molecular formula is C8H11ClN2O2. The van der Waals surface area contributed by atoms with Crippen molar-refractivity contribution in [2.75, 3.05) is 19.5 Å². The first-order valence-electron chi connectivity index (χ1n) is 3.66. The lowest BCUT2D eigenvalue weighted by Gasteiger charge is -2.13. The molecule has 0 aliphatic carbocycles. The Morgan fingerprint density at radius 3 is 2.69 bits per heavy atom. The van der Waals surface area contributed by atoms with Gasteiger partial charge in [0.05, 0.1) is 6.54 Å². The van der Waals surface area contributed by atoms with Crippen molar-refractivity contribution in [3.63, 3.8) is 0 Å². The van der Waals surface area contributed by atoms with Gasteiger partial charge < -0.3 is 4.90 Å². The van der Waals surface area contributed by atoms with Crippen LogP contribution in [0.25, 0.3) is 0 Å². The second kappa shape index (κ2) is 6.32. The topological polar surface area (TPSA) is 49.4 Å². The molecular weight excluding hydrogens is 192 g/mol. The van der Waals surface area contributed by atoms with Gasteiger partial charge in [-0.05, 0) is 0 Å². The molecule has 1 N–H and O–H groups in total. The molecule has 0 bridgehead atoms. The zero-order valence-electron chi connectivity index (χ0n) is 7.34. The first-order chi connectivity index (χ1) is 6.11. The van der Waals surface area contributed by atoms with Crippen LogP contribution in [0.3, 0.4) is 0 Å². The summed E-state index contributed by atoms with van der Waals surface area (Å²) in [6, 6.07) is -0.506. The molecule has 13 heavy (non-hydrogen) atoms. The zero-order chi connectivity index (χ0) is 10.3. The molecule has 0 atom stereocenters. The van der Waals surface area contributed by atoms with E-state index in [9.17, 15) is 9.59 Å². The molecule has 4 nitrogen and oxygen atoms in total. The van der Waals surface area contributed by atoms with Gasteiger partial charge in [-0.25, -0.2) is 4.79 Å². The summed E-state index contributed by atoms with van der Waals surface area (Å²) in [5, 5.41) is 2.13. The minimum Gasteiger partial charge on any atom is -0.316 e. The van der Waals surface area contributed by atoms with Crippen molar-refractivity contribution in [3.05, 3.63) is 0 Å². The van der Waals surface area contributed by atoms with Gasteiger partial charge in [0, 0.05) is 19.3 Å². The van der Waals surface area contributed by atoms with Gasteiger partial charge in [0.1, 0.15) is 0 Å². The summed E-state index contributed by atoms with van der Waals surface area (Å²) >= 11 is 5.30. The molecule has 0 aromatic heterocycles. The summed E-state index contributed by atoms with van der Waals surface area (Å²) < 4.78 is 0. The third kappa shape index (κ3) is 5.10. The molecule has 0 radical (unpaired) electrons. The fraction of sp³-hybridized carbons (Fsp3) is 0.500. The largest absolute Gasteiger partial charge is 0.324 e. The highest BCUT2D eigenvalue weighted by molar-refractivity contribution is 6.19. The first kappa shape index (κ1) is 11.8. The molecule has 0 spiro atoms. The Kier molecular flexibility index (Phi) is 5.73. The summed E-state index contributed by atoms with van der Waals surface area (Å²) in [5.74, 6) is 2.07. The lowest BCUT2D eigenvalue weighted by molar-refractivity contribution is -0.119. The second-order valence-corrected chi connectivity index (χ2v) is 2.73. The SMILES string of the molecule is C#CCN(C)C(=O)NC(=O)CCCl. The van der Waals surface area contributed by atoms with Gasteiger partial charge in [-0.15, -0.1) is 18.0 Å². The Morgan fingerprint density at radius 1 is 1.62 bits per heavy atom. The molecule has 0 unspecified atom stereocenters. The Hall–Kier alpha value is -1.21. The van der Waals surface area contributed by atoms with E-state index in [0.717, 1.165) is 0 Å². The van der Waals surface area contributed by atoms with E-state index in [1.165, 1.54) is 11.9 Å². The number of terminal acetylenes is 1. The Labute approximate surface area is 82.2 Å². The van der Waals surface area contributed by atoms with Crippen LogP contribution in [0.4, 0.5) is 4.79 Å². The van der Waals surface area contributed by atoms with Gasteiger partial charge in [-0.3, -0.25) is 10.1 Å². The molecule has 5 heteroatoms. The quantitative estimate of drug-likeness (QED) is 0.533. The highest BCUT2D eigenvalue weighted by Gasteiger charge is 2.10. The fourth-order valence-electron chi connectivity index (χ4n) is 0.572. The van der Waals surface area contributed by atoms with Crippen LogP contribution in [-0.4, -0.2) is 36.3 Å². The van der Waals surface area contributed by atoms with Crippen LogP contribution in [0.15, 0.2) is 0 Å². The average molecular weight is 203 g/mol. The summed E-state index contributed by atoms with van der Waals surface area (Å²) in [6.07, 6.45) is 5.10. The second-order valence-electron chi connectivity index (χ2n) is 2.35. The predicted molar refractivity (Wildman–Crippen MR) is 50.3 cm³/mol. The Balaban J connectivity index is 3.87. The predicted octanol–water partition coefficient (Wildman–Crippen LogP) is 0.416. The zero-order valence-corrected chi connectivity index (χ0v) is 8.10. The number of carbonyl (C=O) groups is 2. The molecule has 72 valence electrons. The minimum absolute atomic E-state index is 0.122. The van der Waals surface area contributed by atoms with Crippen molar-refractivity contribution < 1.29 is 9.59 Å². The minimum atomic E-state index is -0.506. The summed E-state index contributed by atoms with van der Waals surface area (Å²) in [5.41, 5.74) is 0. The number of halogens is 1. The summed E-state index contributed by atoms with van der Waals surface area (Å²) in [4.78, 5) is 23.2. The molecule has 0 saturated carbocycles. The number of nitrogens with zero attached hydrogens (tertiary/aromatic N) is 1. The monoisotopic (exact) mass is 202 g/mol. The number of hydrogen-bond acceptors (Lipinski definition) is 2. The Bertz CT molecular complexity index is 235. The highest BCUT2D eigenvalue weighted by atomic mass is 35.5. The van der Waals surface area contributed by atoms with Crippen molar-refractivity contribution in [2.45, 2.75) is 6.42 Å². The van der Waals surface area contributed by atoms with Gasteiger partial charge in [0.2, 0.25) is 5.91 Å². The van der Waals surface area contributed by atoms with Crippen molar-refractivity contribution >= 4 is 23.5 Å². The van der Waals surface area contributed by atoms with E-state index in [-0.39, 0.29) is 18.8 Å². The van der Waals surface area contributed by atoms with E-state index in [4.69, 9.17) is 18.0 Å². The third-order valence-corrected chi connectivity index (χ3v) is 1.43. The fourth-order valence-corrected chi connectivity index (χ4v) is 0.743. The lowest BCUT2D eigenvalue weighted by atomic mass is 10.4. The standard InChI is InChI=1S/C8H11ClN2O2/c1-3-6-11(2)8(13)10-7(12)4-5-9/h1H,4-6H2,2H3,(H,10,12,13). The van der Waals surface area contributed by atoms with E-state index in [0.29, 0.717) is 0 Å². The van der Waals surface area contributed by atoms with Gasteiger partial charge in [0.25, 0.3) is 0 Å². The maximum absolute atomic E-state index is 11.1. The van der Waals surface area contributed by atoms with E-state index < -0.39 is 11.9 Å². The highest BCUT2D eigenvalue weighted by Crippen LogP contribution is 1.87.